The van der Waals surface area contributed by atoms with Crippen LogP contribution in [0.1, 0.15) is 16.8 Å². The first-order valence-electron chi connectivity index (χ1n) is 4.25. The van der Waals surface area contributed by atoms with E-state index in [9.17, 15) is 9.59 Å². The Labute approximate surface area is 87.3 Å². The predicted molar refractivity (Wildman–Crippen MR) is 53.7 cm³/mol. The molecule has 76 valence electrons. The number of hydrogen-bond donors (Lipinski definition) is 0. The number of nitrogens with zero attached hydrogens (tertiary/aromatic N) is 1. The number of carbonyl (C=O) groups is 2. The maximum Gasteiger partial charge on any atom is 0.313 e. The Morgan fingerprint density at radius 3 is 2.80 bits per heavy atom. The summed E-state index contributed by atoms with van der Waals surface area (Å²) in [5.74, 6) is -0.916. The van der Waals surface area contributed by atoms with E-state index in [0.29, 0.717) is 11.3 Å². The van der Waals surface area contributed by atoms with Crippen LogP contribution in [0.3, 0.4) is 0 Å². The molecule has 0 spiro atoms. The first-order chi connectivity index (χ1) is 7.17. The number of hydrogen-bond acceptors (Lipinski definition) is 3. The Kier molecular flexibility index (Phi) is 3.58. The van der Waals surface area contributed by atoms with Gasteiger partial charge in [-0.3, -0.25) is 9.59 Å². The van der Waals surface area contributed by atoms with E-state index in [1.807, 2.05) is 0 Å². The molecule has 0 saturated heterocycles. The summed E-state index contributed by atoms with van der Waals surface area (Å²) < 4.78 is 4.38. The molecule has 0 heterocycles. The molecule has 0 aromatic heterocycles. The zero-order chi connectivity index (χ0) is 11.3. The summed E-state index contributed by atoms with van der Waals surface area (Å²) in [6.45, 7) is 6.78. The van der Waals surface area contributed by atoms with Crippen LogP contribution in [0, 0.1) is 6.57 Å². The largest absolute Gasteiger partial charge is 0.469 e. The minimum absolute atomic E-state index is 0.294. The zero-order valence-electron chi connectivity index (χ0n) is 8.19. The van der Waals surface area contributed by atoms with Gasteiger partial charge in [0.25, 0.3) is 0 Å². The van der Waals surface area contributed by atoms with Crippen molar-refractivity contribution in [1.29, 1.82) is 0 Å². The Morgan fingerprint density at radius 1 is 1.47 bits per heavy atom. The lowest BCUT2D eigenvalue weighted by atomic mass is 10.1. The lowest BCUT2D eigenvalue weighted by Crippen LogP contribution is -2.09. The second-order valence-electron chi connectivity index (χ2n) is 2.84. The Bertz CT molecular complexity index is 432. The number of methoxy groups -OCH3 is 1. The standard InChI is InChI=1S/C11H9NO3/c1-12-9-5-3-4-8(6-9)10(13)7-11(14)15-2/h3-6H,7H2,2H3. The zero-order valence-corrected chi connectivity index (χ0v) is 8.19. The molecule has 15 heavy (non-hydrogen) atoms. The molecule has 0 radical (unpaired) electrons. The van der Waals surface area contributed by atoms with Crippen LogP contribution in [-0.4, -0.2) is 18.9 Å². The summed E-state index contributed by atoms with van der Waals surface area (Å²) in [5.41, 5.74) is 0.736. The number of ketones is 1. The topological polar surface area (TPSA) is 47.7 Å². The average Bonchev–Trinajstić information content (AvgIpc) is 2.28. The fourth-order valence-electron chi connectivity index (χ4n) is 1.05. The quantitative estimate of drug-likeness (QED) is 0.326. The van der Waals surface area contributed by atoms with E-state index in [4.69, 9.17) is 6.57 Å². The third kappa shape index (κ3) is 2.92. The van der Waals surface area contributed by atoms with Crippen molar-refractivity contribution in [3.8, 4) is 0 Å². The third-order valence-electron chi connectivity index (χ3n) is 1.83. The van der Waals surface area contributed by atoms with Crippen LogP contribution in [-0.2, 0) is 9.53 Å². The molecule has 1 rings (SSSR count). The van der Waals surface area contributed by atoms with Crippen molar-refractivity contribution in [2.45, 2.75) is 6.42 Å². The monoisotopic (exact) mass is 203 g/mol. The van der Waals surface area contributed by atoms with Gasteiger partial charge in [-0.05, 0) is 6.07 Å². The Balaban J connectivity index is 2.83. The maximum absolute atomic E-state index is 11.5. The van der Waals surface area contributed by atoms with E-state index in [2.05, 4.69) is 9.58 Å². The third-order valence-corrected chi connectivity index (χ3v) is 1.83. The van der Waals surface area contributed by atoms with Crippen molar-refractivity contribution in [1.82, 2.24) is 0 Å². The van der Waals surface area contributed by atoms with Crippen LogP contribution in [0.15, 0.2) is 24.3 Å². The molecule has 0 atom stereocenters. The molecule has 0 saturated carbocycles. The molecule has 0 aliphatic heterocycles. The Hall–Kier alpha value is -2.15. The molecule has 1 aromatic carbocycles. The first kappa shape index (κ1) is 10.9. The second kappa shape index (κ2) is 4.91. The molecule has 0 N–H and O–H groups in total. The molecule has 0 fully saturated rings. The van der Waals surface area contributed by atoms with E-state index in [-0.39, 0.29) is 12.2 Å². The first-order valence-corrected chi connectivity index (χ1v) is 4.25. The number of esters is 1. The van der Waals surface area contributed by atoms with Gasteiger partial charge in [0.05, 0.1) is 13.7 Å². The van der Waals surface area contributed by atoms with Gasteiger partial charge in [0.1, 0.15) is 6.42 Å². The fraction of sp³-hybridized carbons (Fsp3) is 0.182. The number of rotatable bonds is 3. The van der Waals surface area contributed by atoms with Gasteiger partial charge in [0.2, 0.25) is 0 Å². The number of ether oxygens (including phenoxy) is 1. The van der Waals surface area contributed by atoms with Crippen molar-refractivity contribution in [2.75, 3.05) is 7.11 Å². The van der Waals surface area contributed by atoms with Crippen molar-refractivity contribution >= 4 is 17.4 Å². The fourth-order valence-corrected chi connectivity index (χ4v) is 1.05. The molecule has 4 heteroatoms. The van der Waals surface area contributed by atoms with Crippen molar-refractivity contribution in [3.63, 3.8) is 0 Å². The van der Waals surface area contributed by atoms with Crippen molar-refractivity contribution < 1.29 is 14.3 Å². The van der Waals surface area contributed by atoms with Gasteiger partial charge in [-0.2, -0.15) is 0 Å². The van der Waals surface area contributed by atoms with Gasteiger partial charge in [0, 0.05) is 5.56 Å². The molecule has 0 aliphatic rings. The van der Waals surface area contributed by atoms with Crippen molar-refractivity contribution in [2.24, 2.45) is 0 Å². The highest BCUT2D eigenvalue weighted by Crippen LogP contribution is 2.15. The minimum Gasteiger partial charge on any atom is -0.469 e. The van der Waals surface area contributed by atoms with Gasteiger partial charge in [-0.15, -0.1) is 0 Å². The number of benzene rings is 1. The van der Waals surface area contributed by atoms with Crippen LogP contribution < -0.4 is 0 Å². The Morgan fingerprint density at radius 2 is 2.20 bits per heavy atom. The van der Waals surface area contributed by atoms with E-state index in [0.717, 1.165) is 0 Å². The van der Waals surface area contributed by atoms with Gasteiger partial charge in [0.15, 0.2) is 11.5 Å². The molecule has 0 unspecified atom stereocenters. The highest BCUT2D eigenvalue weighted by molar-refractivity contribution is 6.06. The summed E-state index contributed by atoms with van der Waals surface area (Å²) >= 11 is 0. The highest BCUT2D eigenvalue weighted by Gasteiger charge is 2.11. The SMILES string of the molecule is [C-]#[N+]c1cccc(C(=O)CC(=O)OC)c1. The number of Topliss-reactive ketones (excluding diaryl/α,β-unsaturated/α-hetero) is 1. The number of carbonyl (C=O) groups excluding carboxylic acids is 2. The molecule has 0 bridgehead atoms. The summed E-state index contributed by atoms with van der Waals surface area (Å²) in [5, 5.41) is 0. The smallest absolute Gasteiger partial charge is 0.313 e. The average molecular weight is 203 g/mol. The lowest BCUT2D eigenvalue weighted by Gasteiger charge is -2.00. The van der Waals surface area contributed by atoms with Gasteiger partial charge in [-0.25, -0.2) is 4.85 Å². The lowest BCUT2D eigenvalue weighted by molar-refractivity contribution is -0.139. The summed E-state index contributed by atoms with van der Waals surface area (Å²) in [4.78, 5) is 25.5. The van der Waals surface area contributed by atoms with Gasteiger partial charge >= 0.3 is 5.97 Å². The predicted octanol–water partition coefficient (Wildman–Crippen LogP) is 1.98. The molecular formula is C11H9NO3. The van der Waals surface area contributed by atoms with E-state index >= 15 is 0 Å². The molecular weight excluding hydrogens is 194 g/mol. The summed E-state index contributed by atoms with van der Waals surface area (Å²) in [6, 6.07) is 6.23. The maximum atomic E-state index is 11.5. The van der Waals surface area contributed by atoms with E-state index in [1.54, 1.807) is 18.2 Å². The molecule has 4 nitrogen and oxygen atoms in total. The van der Waals surface area contributed by atoms with Crippen LogP contribution in [0.25, 0.3) is 4.85 Å². The summed E-state index contributed by atoms with van der Waals surface area (Å²) in [7, 11) is 1.23. The van der Waals surface area contributed by atoms with Crippen LogP contribution in [0.5, 0.6) is 0 Å². The van der Waals surface area contributed by atoms with Crippen LogP contribution >= 0.6 is 0 Å². The van der Waals surface area contributed by atoms with E-state index in [1.165, 1.54) is 13.2 Å². The molecule has 0 aliphatic carbocycles. The van der Waals surface area contributed by atoms with Crippen LogP contribution in [0.2, 0.25) is 0 Å². The normalized spacial score (nSPS) is 9.07. The van der Waals surface area contributed by atoms with E-state index < -0.39 is 5.97 Å². The van der Waals surface area contributed by atoms with Crippen molar-refractivity contribution in [3.05, 3.63) is 41.2 Å². The molecule has 0 amide bonds. The van der Waals surface area contributed by atoms with Crippen LogP contribution in [0.4, 0.5) is 5.69 Å². The minimum atomic E-state index is -0.576. The highest BCUT2D eigenvalue weighted by atomic mass is 16.5. The van der Waals surface area contributed by atoms with Gasteiger partial charge in [-0.1, -0.05) is 18.2 Å². The summed E-state index contributed by atoms with van der Waals surface area (Å²) in [6.07, 6.45) is -0.294. The second-order valence-corrected chi connectivity index (χ2v) is 2.84. The van der Waals surface area contributed by atoms with Gasteiger partial charge < -0.3 is 4.74 Å². The molecule has 1 aromatic rings.